The number of rotatable bonds is 6. The summed E-state index contributed by atoms with van der Waals surface area (Å²) in [4.78, 5) is 28.0. The van der Waals surface area contributed by atoms with Gasteiger partial charge in [0, 0.05) is 41.2 Å². The lowest BCUT2D eigenvalue weighted by atomic mass is 10.0. The van der Waals surface area contributed by atoms with Crippen molar-refractivity contribution in [2.24, 2.45) is 0 Å². The van der Waals surface area contributed by atoms with E-state index in [-0.39, 0.29) is 11.8 Å². The Labute approximate surface area is 172 Å². The molecule has 0 atom stereocenters. The van der Waals surface area contributed by atoms with Gasteiger partial charge in [-0.25, -0.2) is 0 Å². The molecule has 4 rings (SSSR count). The van der Waals surface area contributed by atoms with Crippen molar-refractivity contribution in [3.63, 3.8) is 0 Å². The molecule has 0 unspecified atom stereocenters. The van der Waals surface area contributed by atoms with Gasteiger partial charge in [0.15, 0.2) is 0 Å². The summed E-state index contributed by atoms with van der Waals surface area (Å²) in [7, 11) is 0. The predicted molar refractivity (Wildman–Crippen MR) is 110 cm³/mol. The molecule has 0 aliphatic carbocycles. The molecule has 0 saturated heterocycles. The largest absolute Gasteiger partial charge is 0.339 e. The summed E-state index contributed by atoms with van der Waals surface area (Å²) >= 11 is 5.88. The Bertz CT molecular complexity index is 1050. The molecule has 1 aliphatic rings. The van der Waals surface area contributed by atoms with Gasteiger partial charge in [-0.05, 0) is 60.9 Å². The van der Waals surface area contributed by atoms with Crippen molar-refractivity contribution in [2.75, 3.05) is 10.6 Å². The third kappa shape index (κ3) is 4.81. The lowest BCUT2D eigenvalue weighted by Crippen LogP contribution is -2.19. The van der Waals surface area contributed by atoms with E-state index in [1.54, 1.807) is 18.2 Å². The molecule has 148 valence electrons. The molecule has 0 bridgehead atoms. The standard InChI is InChI=1S/C21H19ClN4O3/c22-15-7-4-13(5-8-15)21-25-20(29-26-21)3-1-2-18(27)23-16-9-10-17-14(12-16)6-11-19(28)24-17/h4-5,7-10,12H,1-3,6,11H2,(H,23,27)(H,24,28). The summed E-state index contributed by atoms with van der Waals surface area (Å²) < 4.78 is 5.26. The van der Waals surface area contributed by atoms with Gasteiger partial charge < -0.3 is 15.2 Å². The molecular formula is C21H19ClN4O3. The van der Waals surface area contributed by atoms with Crippen LogP contribution in [0, 0.1) is 0 Å². The first kappa shape index (κ1) is 19.1. The van der Waals surface area contributed by atoms with Crippen LogP contribution in [-0.4, -0.2) is 22.0 Å². The number of amides is 2. The molecule has 3 aromatic rings. The number of carbonyl (C=O) groups excluding carboxylic acids is 2. The summed E-state index contributed by atoms with van der Waals surface area (Å²) in [5.74, 6) is 0.936. The zero-order valence-electron chi connectivity index (χ0n) is 15.6. The van der Waals surface area contributed by atoms with Crippen molar-refractivity contribution in [3.8, 4) is 11.4 Å². The summed E-state index contributed by atoms with van der Waals surface area (Å²) in [5, 5.41) is 10.3. The Kier molecular flexibility index (Phi) is 5.57. The third-order valence-corrected chi connectivity index (χ3v) is 4.90. The maximum atomic E-state index is 12.2. The quantitative estimate of drug-likeness (QED) is 0.633. The minimum Gasteiger partial charge on any atom is -0.339 e. The number of benzene rings is 2. The zero-order valence-corrected chi connectivity index (χ0v) is 16.3. The summed E-state index contributed by atoms with van der Waals surface area (Å²) in [6.45, 7) is 0. The second kappa shape index (κ2) is 8.45. The molecule has 0 spiro atoms. The normalized spacial score (nSPS) is 12.9. The highest BCUT2D eigenvalue weighted by atomic mass is 35.5. The van der Waals surface area contributed by atoms with Crippen LogP contribution in [0.4, 0.5) is 11.4 Å². The van der Waals surface area contributed by atoms with E-state index in [0.29, 0.717) is 48.8 Å². The SMILES string of the molecule is O=C(CCCc1nc(-c2ccc(Cl)cc2)no1)Nc1ccc2c(c1)CCC(=O)N2. The van der Waals surface area contributed by atoms with E-state index in [1.165, 1.54) is 0 Å². The second-order valence-electron chi connectivity index (χ2n) is 6.84. The summed E-state index contributed by atoms with van der Waals surface area (Å²) in [6, 6.07) is 12.7. The molecular weight excluding hydrogens is 392 g/mol. The lowest BCUT2D eigenvalue weighted by molar-refractivity contribution is -0.117. The van der Waals surface area contributed by atoms with Crippen molar-refractivity contribution < 1.29 is 14.1 Å². The second-order valence-corrected chi connectivity index (χ2v) is 7.28. The van der Waals surface area contributed by atoms with Gasteiger partial charge >= 0.3 is 0 Å². The Morgan fingerprint density at radius 3 is 2.83 bits per heavy atom. The maximum absolute atomic E-state index is 12.2. The lowest BCUT2D eigenvalue weighted by Gasteiger charge is -2.17. The van der Waals surface area contributed by atoms with Gasteiger partial charge in [-0.15, -0.1) is 0 Å². The molecule has 8 heteroatoms. The average molecular weight is 411 g/mol. The molecule has 1 aromatic heterocycles. The fraction of sp³-hybridized carbons (Fsp3) is 0.238. The molecule has 7 nitrogen and oxygen atoms in total. The van der Waals surface area contributed by atoms with Gasteiger partial charge in [0.1, 0.15) is 0 Å². The number of aryl methyl sites for hydroxylation is 2. The summed E-state index contributed by atoms with van der Waals surface area (Å²) in [5.41, 5.74) is 3.40. The monoisotopic (exact) mass is 410 g/mol. The van der Waals surface area contributed by atoms with Crippen molar-refractivity contribution >= 4 is 34.8 Å². The third-order valence-electron chi connectivity index (χ3n) is 4.65. The van der Waals surface area contributed by atoms with E-state index in [9.17, 15) is 9.59 Å². The molecule has 1 aliphatic heterocycles. The van der Waals surface area contributed by atoms with Crippen molar-refractivity contribution in [1.82, 2.24) is 10.1 Å². The van der Waals surface area contributed by atoms with Crippen molar-refractivity contribution in [2.45, 2.75) is 32.1 Å². The minimum atomic E-state index is -0.0813. The first-order valence-corrected chi connectivity index (χ1v) is 9.76. The Morgan fingerprint density at radius 1 is 1.17 bits per heavy atom. The maximum Gasteiger partial charge on any atom is 0.226 e. The van der Waals surface area contributed by atoms with E-state index < -0.39 is 0 Å². The number of anilines is 2. The molecule has 2 N–H and O–H groups in total. The number of hydrogen-bond acceptors (Lipinski definition) is 5. The Balaban J connectivity index is 1.27. The smallest absolute Gasteiger partial charge is 0.226 e. The van der Waals surface area contributed by atoms with Crippen LogP contribution in [0.1, 0.15) is 30.7 Å². The van der Waals surface area contributed by atoms with Crippen LogP contribution in [0.25, 0.3) is 11.4 Å². The molecule has 2 amide bonds. The van der Waals surface area contributed by atoms with Crippen LogP contribution in [0.3, 0.4) is 0 Å². The van der Waals surface area contributed by atoms with Crippen LogP contribution in [0.2, 0.25) is 5.02 Å². The fourth-order valence-corrected chi connectivity index (χ4v) is 3.28. The van der Waals surface area contributed by atoms with Gasteiger partial charge in [0.2, 0.25) is 23.5 Å². The minimum absolute atomic E-state index is 0.0227. The molecule has 0 radical (unpaired) electrons. The first-order chi connectivity index (χ1) is 14.1. The number of halogens is 1. The van der Waals surface area contributed by atoms with E-state index in [1.807, 2.05) is 24.3 Å². The van der Waals surface area contributed by atoms with Crippen molar-refractivity contribution in [3.05, 3.63) is 58.9 Å². The molecule has 2 aromatic carbocycles. The van der Waals surface area contributed by atoms with Gasteiger partial charge in [-0.3, -0.25) is 9.59 Å². The van der Waals surface area contributed by atoms with Crippen LogP contribution in [0.15, 0.2) is 47.0 Å². The van der Waals surface area contributed by atoms with E-state index in [2.05, 4.69) is 20.8 Å². The highest BCUT2D eigenvalue weighted by Crippen LogP contribution is 2.26. The van der Waals surface area contributed by atoms with E-state index in [4.69, 9.17) is 16.1 Å². The Hall–Kier alpha value is -3.19. The number of nitrogens with zero attached hydrogens (tertiary/aromatic N) is 2. The van der Waals surface area contributed by atoms with Crippen LogP contribution < -0.4 is 10.6 Å². The predicted octanol–water partition coefficient (Wildman–Crippen LogP) is 4.24. The van der Waals surface area contributed by atoms with Crippen LogP contribution in [0.5, 0.6) is 0 Å². The molecule has 0 saturated carbocycles. The average Bonchev–Trinajstić information content (AvgIpc) is 3.17. The number of hydrogen-bond donors (Lipinski definition) is 2. The van der Waals surface area contributed by atoms with E-state index >= 15 is 0 Å². The highest BCUT2D eigenvalue weighted by Gasteiger charge is 2.15. The van der Waals surface area contributed by atoms with Gasteiger partial charge in [0.05, 0.1) is 0 Å². The molecule has 2 heterocycles. The number of fused-ring (bicyclic) bond motifs is 1. The zero-order chi connectivity index (χ0) is 20.2. The van der Waals surface area contributed by atoms with Gasteiger partial charge in [-0.2, -0.15) is 4.98 Å². The first-order valence-electron chi connectivity index (χ1n) is 9.38. The number of nitrogens with one attached hydrogen (secondary N) is 2. The fourth-order valence-electron chi connectivity index (χ4n) is 3.16. The topological polar surface area (TPSA) is 97.1 Å². The number of aromatic nitrogens is 2. The molecule has 29 heavy (non-hydrogen) atoms. The van der Waals surface area contributed by atoms with Gasteiger partial charge in [0.25, 0.3) is 0 Å². The van der Waals surface area contributed by atoms with E-state index in [0.717, 1.165) is 22.5 Å². The van der Waals surface area contributed by atoms with Crippen LogP contribution >= 0.6 is 11.6 Å². The number of carbonyl (C=O) groups is 2. The highest BCUT2D eigenvalue weighted by molar-refractivity contribution is 6.30. The van der Waals surface area contributed by atoms with Crippen molar-refractivity contribution in [1.29, 1.82) is 0 Å². The van der Waals surface area contributed by atoms with Crippen LogP contribution in [-0.2, 0) is 22.4 Å². The van der Waals surface area contributed by atoms with Gasteiger partial charge in [-0.1, -0.05) is 16.8 Å². The molecule has 0 fully saturated rings. The Morgan fingerprint density at radius 2 is 2.00 bits per heavy atom. The summed E-state index contributed by atoms with van der Waals surface area (Å²) in [6.07, 6.45) is 2.59.